The van der Waals surface area contributed by atoms with Gasteiger partial charge in [0, 0.05) is 41.9 Å². The summed E-state index contributed by atoms with van der Waals surface area (Å²) < 4.78 is 47.7. The highest BCUT2D eigenvalue weighted by Gasteiger charge is 2.25. The molecule has 0 unspecified atom stereocenters. The number of amides is 1. The first-order valence-electron chi connectivity index (χ1n) is 14.9. The fraction of sp³-hybridized carbons (Fsp3) is 0.229. The molecule has 2 aromatic heterocycles. The number of aliphatic hydroxyl groups is 1. The summed E-state index contributed by atoms with van der Waals surface area (Å²) in [5, 5.41) is 11.4. The van der Waals surface area contributed by atoms with Gasteiger partial charge in [0.25, 0.3) is 10.0 Å². The molecule has 0 saturated carbocycles. The van der Waals surface area contributed by atoms with Gasteiger partial charge in [-0.15, -0.1) is 11.3 Å². The van der Waals surface area contributed by atoms with Crippen LogP contribution < -0.4 is 4.72 Å². The molecule has 0 aliphatic carbocycles. The molecule has 5 aromatic rings. The molecule has 2 heterocycles. The van der Waals surface area contributed by atoms with Crippen molar-refractivity contribution in [2.24, 2.45) is 0 Å². The Hall–Kier alpha value is -4.65. The van der Waals surface area contributed by atoms with Gasteiger partial charge in [-0.3, -0.25) is 9.71 Å². The molecule has 0 aliphatic rings. The van der Waals surface area contributed by atoms with E-state index in [9.17, 15) is 22.7 Å². The third-order valence-electron chi connectivity index (χ3n) is 7.04. The van der Waals surface area contributed by atoms with Crippen LogP contribution in [0.3, 0.4) is 0 Å². The first-order valence-corrected chi connectivity index (χ1v) is 17.2. The van der Waals surface area contributed by atoms with Gasteiger partial charge in [-0.2, -0.15) is 0 Å². The van der Waals surface area contributed by atoms with Crippen molar-refractivity contribution < 1.29 is 27.4 Å². The van der Waals surface area contributed by atoms with E-state index in [2.05, 4.69) is 14.7 Å². The van der Waals surface area contributed by atoms with Gasteiger partial charge in [0.2, 0.25) is 0 Å². The molecule has 12 heteroatoms. The number of halogens is 1. The lowest BCUT2D eigenvalue weighted by atomic mass is 10.1. The Morgan fingerprint density at radius 2 is 1.66 bits per heavy atom. The standard InChI is InChI=1S/C35H35FN4O5S2/c1-35(2,3)45-34(42)40(23-31(41)27-5-4-19-37-21-27)20-18-24-6-14-29(15-7-24)39-47(43,44)30-16-10-26(11-17-30)33-38-22-32(46-33)25-8-12-28(36)13-9-25/h4-17,19,21-22,31,39,41H,18,20,23H2,1-3H3/t31-/m0/s1. The highest BCUT2D eigenvalue weighted by atomic mass is 32.2. The normalized spacial score (nSPS) is 12.4. The molecule has 0 fully saturated rings. The Labute approximate surface area is 277 Å². The number of aliphatic hydroxyl groups excluding tert-OH is 1. The number of aromatic nitrogens is 2. The fourth-order valence-electron chi connectivity index (χ4n) is 4.62. The number of rotatable bonds is 11. The fourth-order valence-corrected chi connectivity index (χ4v) is 6.61. The van der Waals surface area contributed by atoms with E-state index >= 15 is 0 Å². The predicted molar refractivity (Wildman–Crippen MR) is 181 cm³/mol. The second kappa shape index (κ2) is 14.4. The molecule has 0 saturated heterocycles. The Bertz CT molecular complexity index is 1890. The summed E-state index contributed by atoms with van der Waals surface area (Å²) in [6.07, 6.45) is 3.84. The van der Waals surface area contributed by atoms with Crippen molar-refractivity contribution in [3.8, 4) is 21.0 Å². The van der Waals surface area contributed by atoms with Gasteiger partial charge in [0.05, 0.1) is 22.4 Å². The number of nitrogens with one attached hydrogen (secondary N) is 1. The van der Waals surface area contributed by atoms with Crippen molar-refractivity contribution in [1.29, 1.82) is 0 Å². The van der Waals surface area contributed by atoms with Crippen LogP contribution in [0.2, 0.25) is 0 Å². The van der Waals surface area contributed by atoms with Crippen LogP contribution in [0.4, 0.5) is 14.9 Å². The van der Waals surface area contributed by atoms with Crippen LogP contribution in [0.25, 0.3) is 21.0 Å². The highest BCUT2D eigenvalue weighted by Crippen LogP contribution is 2.32. The summed E-state index contributed by atoms with van der Waals surface area (Å²) in [6, 6.07) is 23.0. The quantitative estimate of drug-likeness (QED) is 0.151. The van der Waals surface area contributed by atoms with Crippen LogP contribution >= 0.6 is 11.3 Å². The molecule has 2 N–H and O–H groups in total. The van der Waals surface area contributed by atoms with E-state index in [0.717, 1.165) is 21.6 Å². The number of pyridine rings is 1. The van der Waals surface area contributed by atoms with Crippen LogP contribution in [-0.2, 0) is 21.2 Å². The molecule has 0 spiro atoms. The van der Waals surface area contributed by atoms with Gasteiger partial charge in [0.15, 0.2) is 0 Å². The first kappa shape index (κ1) is 33.7. The summed E-state index contributed by atoms with van der Waals surface area (Å²) in [4.78, 5) is 23.9. The van der Waals surface area contributed by atoms with E-state index in [1.807, 2.05) is 0 Å². The van der Waals surface area contributed by atoms with E-state index in [4.69, 9.17) is 4.74 Å². The zero-order valence-corrected chi connectivity index (χ0v) is 27.8. The smallest absolute Gasteiger partial charge is 0.410 e. The van der Waals surface area contributed by atoms with Crippen molar-refractivity contribution in [1.82, 2.24) is 14.9 Å². The number of thiazole rings is 1. The maximum atomic E-state index is 13.3. The molecule has 1 atom stereocenters. The van der Waals surface area contributed by atoms with Gasteiger partial charge in [-0.25, -0.2) is 22.6 Å². The van der Waals surface area contributed by atoms with Gasteiger partial charge < -0.3 is 14.7 Å². The van der Waals surface area contributed by atoms with Gasteiger partial charge in [-0.1, -0.05) is 42.5 Å². The maximum Gasteiger partial charge on any atom is 0.410 e. The minimum absolute atomic E-state index is 0.0231. The Morgan fingerprint density at radius 1 is 0.979 bits per heavy atom. The lowest BCUT2D eigenvalue weighted by molar-refractivity contribution is 0.0146. The van der Waals surface area contributed by atoms with Crippen LogP contribution in [0.15, 0.2) is 108 Å². The highest BCUT2D eigenvalue weighted by molar-refractivity contribution is 7.92. The van der Waals surface area contributed by atoms with Gasteiger partial charge in [0.1, 0.15) is 16.4 Å². The SMILES string of the molecule is CC(C)(C)OC(=O)N(CCc1ccc(NS(=O)(=O)c2ccc(-c3ncc(-c4ccc(F)cc4)s3)cc2)cc1)C[C@H](O)c1cccnc1. The van der Waals surface area contributed by atoms with Crippen LogP contribution in [0.5, 0.6) is 0 Å². The minimum atomic E-state index is -3.87. The molecule has 1 amide bonds. The van der Waals surface area contributed by atoms with E-state index < -0.39 is 27.8 Å². The molecular weight excluding hydrogens is 640 g/mol. The first-order chi connectivity index (χ1) is 22.4. The number of anilines is 1. The van der Waals surface area contributed by atoms with Crippen molar-refractivity contribution in [3.63, 3.8) is 0 Å². The van der Waals surface area contributed by atoms with Gasteiger partial charge in [-0.05, 0) is 80.8 Å². The number of carbonyl (C=O) groups excluding carboxylic acids is 1. The summed E-state index contributed by atoms with van der Waals surface area (Å²) >= 11 is 1.43. The summed E-state index contributed by atoms with van der Waals surface area (Å²) in [5.41, 5.74) is 2.75. The topological polar surface area (TPSA) is 122 Å². The van der Waals surface area contributed by atoms with E-state index in [-0.39, 0.29) is 23.8 Å². The number of carbonyl (C=O) groups is 1. The largest absolute Gasteiger partial charge is 0.444 e. The number of benzene rings is 3. The van der Waals surface area contributed by atoms with Crippen LogP contribution in [0.1, 0.15) is 38.0 Å². The zero-order valence-electron chi connectivity index (χ0n) is 26.1. The summed E-state index contributed by atoms with van der Waals surface area (Å²) in [7, 11) is -3.87. The van der Waals surface area contributed by atoms with Crippen LogP contribution in [-0.4, -0.2) is 53.2 Å². The summed E-state index contributed by atoms with van der Waals surface area (Å²) in [6.45, 7) is 5.63. The molecule has 0 radical (unpaired) electrons. The Morgan fingerprint density at radius 3 is 2.30 bits per heavy atom. The van der Waals surface area contributed by atoms with Gasteiger partial charge >= 0.3 is 6.09 Å². The van der Waals surface area contributed by atoms with Crippen molar-refractivity contribution in [3.05, 3.63) is 120 Å². The van der Waals surface area contributed by atoms with Crippen molar-refractivity contribution in [2.75, 3.05) is 17.8 Å². The molecule has 9 nitrogen and oxygen atoms in total. The Kier molecular flexibility index (Phi) is 10.3. The average Bonchev–Trinajstić information content (AvgIpc) is 3.54. The van der Waals surface area contributed by atoms with Crippen molar-refractivity contribution in [2.45, 2.75) is 43.8 Å². The third kappa shape index (κ3) is 9.22. The number of nitrogens with zero attached hydrogens (tertiary/aromatic N) is 3. The summed E-state index contributed by atoms with van der Waals surface area (Å²) in [5.74, 6) is -0.309. The minimum Gasteiger partial charge on any atom is -0.444 e. The second-order valence-electron chi connectivity index (χ2n) is 11.8. The lowest BCUT2D eigenvalue weighted by Gasteiger charge is -2.29. The monoisotopic (exact) mass is 674 g/mol. The molecule has 3 aromatic carbocycles. The molecular formula is C35H35FN4O5S2. The predicted octanol–water partition coefficient (Wildman–Crippen LogP) is 7.33. The Balaban J connectivity index is 1.21. The molecule has 0 bridgehead atoms. The van der Waals surface area contributed by atoms with Crippen LogP contribution in [0, 0.1) is 5.82 Å². The molecule has 244 valence electrons. The number of sulfonamides is 1. The zero-order chi connectivity index (χ0) is 33.6. The lowest BCUT2D eigenvalue weighted by Crippen LogP contribution is -2.40. The molecule has 5 rings (SSSR count). The number of hydrogen-bond donors (Lipinski definition) is 2. The van der Waals surface area contributed by atoms with E-state index in [1.54, 1.807) is 100 Å². The van der Waals surface area contributed by atoms with E-state index in [0.29, 0.717) is 22.7 Å². The average molecular weight is 675 g/mol. The third-order valence-corrected chi connectivity index (χ3v) is 9.53. The maximum absolute atomic E-state index is 13.3. The number of hydrogen-bond acceptors (Lipinski definition) is 8. The molecule has 47 heavy (non-hydrogen) atoms. The van der Waals surface area contributed by atoms with E-state index in [1.165, 1.54) is 40.5 Å². The second-order valence-corrected chi connectivity index (χ2v) is 14.6. The number of ether oxygens (including phenoxy) is 1. The van der Waals surface area contributed by atoms with Crippen molar-refractivity contribution >= 4 is 33.1 Å². The molecule has 0 aliphatic heterocycles.